The lowest BCUT2D eigenvalue weighted by Gasteiger charge is -2.26. The molecule has 0 bridgehead atoms. The third-order valence-corrected chi connectivity index (χ3v) is 5.37. The van der Waals surface area contributed by atoms with Crippen LogP contribution in [-0.4, -0.2) is 31.2 Å². The van der Waals surface area contributed by atoms with E-state index in [0.717, 1.165) is 23.2 Å². The first-order valence-electron chi connectivity index (χ1n) is 9.77. The average Bonchev–Trinajstić information content (AvgIpc) is 3.35. The van der Waals surface area contributed by atoms with Crippen LogP contribution in [-0.2, 0) is 6.42 Å². The maximum Gasteiger partial charge on any atom is 0.292 e. The summed E-state index contributed by atoms with van der Waals surface area (Å²) in [7, 11) is 0. The Hall–Kier alpha value is -3.68. The number of carbonyl (C=O) groups excluding carboxylic acids is 1. The molecule has 0 spiro atoms. The van der Waals surface area contributed by atoms with E-state index in [2.05, 4.69) is 34.0 Å². The third kappa shape index (κ3) is 2.83. The number of anilines is 1. The van der Waals surface area contributed by atoms with Gasteiger partial charge >= 0.3 is 0 Å². The standard InChI is InChI=1S/C22H20FN5O2/c1-11(2)9-17-18-19(27-26-17)21(29)28(20(18)12-3-5-13(23)6-4-12)14-7-8-15-16(10-14)25-22(30)24-15/h3-8,10-11,20H,9H2,1-2H3,(H,26,27)(H2,24,25,30). The first-order valence-corrected chi connectivity index (χ1v) is 9.77. The maximum atomic E-state index is 13.6. The number of nitrogens with zero attached hydrogens (tertiary/aromatic N) is 3. The molecule has 152 valence electrons. The van der Waals surface area contributed by atoms with Gasteiger partial charge in [0.2, 0.25) is 0 Å². The molecule has 1 aliphatic rings. The van der Waals surface area contributed by atoms with Gasteiger partial charge in [0.15, 0.2) is 0 Å². The molecule has 8 heteroatoms. The minimum Gasteiger partial charge on any atom is -0.480 e. The molecule has 0 fully saturated rings. The third-order valence-electron chi connectivity index (χ3n) is 5.37. The zero-order chi connectivity index (χ0) is 21.0. The molecule has 0 saturated carbocycles. The van der Waals surface area contributed by atoms with Gasteiger partial charge in [0.1, 0.15) is 11.5 Å². The molecule has 3 N–H and O–H groups in total. The number of rotatable bonds is 4. The van der Waals surface area contributed by atoms with Gasteiger partial charge in [-0.2, -0.15) is 10.1 Å². The Bertz CT molecular complexity index is 1260. The summed E-state index contributed by atoms with van der Waals surface area (Å²) in [5.41, 5.74) is 4.75. The number of imidazole rings is 1. The summed E-state index contributed by atoms with van der Waals surface area (Å²) in [4.78, 5) is 21.9. The molecular formula is C22H20FN5O2. The lowest BCUT2D eigenvalue weighted by molar-refractivity contribution is 0.0989. The first kappa shape index (κ1) is 18.4. The Balaban J connectivity index is 1.69. The van der Waals surface area contributed by atoms with E-state index in [-0.39, 0.29) is 17.7 Å². The van der Waals surface area contributed by atoms with Crippen molar-refractivity contribution < 1.29 is 14.3 Å². The minimum atomic E-state index is -0.439. The summed E-state index contributed by atoms with van der Waals surface area (Å²) in [6.45, 7) is 4.20. The van der Waals surface area contributed by atoms with Crippen molar-refractivity contribution in [3.05, 3.63) is 70.8 Å². The fourth-order valence-corrected chi connectivity index (χ4v) is 4.11. The Morgan fingerprint density at radius 3 is 2.70 bits per heavy atom. The van der Waals surface area contributed by atoms with Crippen molar-refractivity contribution in [3.63, 3.8) is 0 Å². The molecule has 2 aromatic heterocycles. The Morgan fingerprint density at radius 1 is 1.20 bits per heavy atom. The quantitative estimate of drug-likeness (QED) is 0.477. The highest BCUT2D eigenvalue weighted by Gasteiger charge is 2.42. The highest BCUT2D eigenvalue weighted by atomic mass is 19.1. The second-order valence-electron chi connectivity index (χ2n) is 7.95. The van der Waals surface area contributed by atoms with Gasteiger partial charge in [0, 0.05) is 11.3 Å². The van der Waals surface area contributed by atoms with Gasteiger partial charge in [-0.3, -0.25) is 14.8 Å². The second-order valence-corrected chi connectivity index (χ2v) is 7.95. The van der Waals surface area contributed by atoms with Crippen LogP contribution in [0.4, 0.5) is 10.1 Å². The van der Waals surface area contributed by atoms with Crippen LogP contribution in [0.2, 0.25) is 0 Å². The number of aromatic nitrogens is 4. The summed E-state index contributed by atoms with van der Waals surface area (Å²) in [6, 6.07) is 10.9. The number of benzene rings is 2. The normalized spacial score (nSPS) is 16.1. The van der Waals surface area contributed by atoms with E-state index in [1.807, 2.05) is 0 Å². The smallest absolute Gasteiger partial charge is 0.292 e. The van der Waals surface area contributed by atoms with E-state index in [0.29, 0.717) is 28.3 Å². The van der Waals surface area contributed by atoms with Crippen LogP contribution in [0.3, 0.4) is 0 Å². The first-order chi connectivity index (χ1) is 14.4. The van der Waals surface area contributed by atoms with Gasteiger partial charge < -0.3 is 10.1 Å². The van der Waals surface area contributed by atoms with Crippen molar-refractivity contribution in [1.82, 2.24) is 20.2 Å². The minimum absolute atomic E-state index is 0.182. The highest BCUT2D eigenvalue weighted by Crippen LogP contribution is 2.43. The number of aromatic amines is 2. The van der Waals surface area contributed by atoms with E-state index < -0.39 is 6.04 Å². The molecule has 1 atom stereocenters. The van der Waals surface area contributed by atoms with Crippen LogP contribution >= 0.6 is 0 Å². The van der Waals surface area contributed by atoms with Crippen molar-refractivity contribution in [1.29, 1.82) is 0 Å². The molecule has 3 heterocycles. The number of halogens is 1. The van der Waals surface area contributed by atoms with E-state index in [1.54, 1.807) is 35.2 Å². The van der Waals surface area contributed by atoms with Crippen LogP contribution in [0, 0.1) is 11.7 Å². The van der Waals surface area contributed by atoms with Crippen molar-refractivity contribution >= 4 is 22.6 Å². The van der Waals surface area contributed by atoms with E-state index in [1.165, 1.54) is 12.1 Å². The molecular weight excluding hydrogens is 385 g/mol. The molecule has 0 radical (unpaired) electrons. The Kier molecular flexibility index (Phi) is 4.09. The lowest BCUT2D eigenvalue weighted by atomic mass is 9.95. The Morgan fingerprint density at radius 2 is 1.97 bits per heavy atom. The van der Waals surface area contributed by atoms with Gasteiger partial charge in [0.05, 0.1) is 22.8 Å². The zero-order valence-corrected chi connectivity index (χ0v) is 16.5. The summed E-state index contributed by atoms with van der Waals surface area (Å²) >= 11 is 0. The van der Waals surface area contributed by atoms with E-state index in [9.17, 15) is 14.3 Å². The summed E-state index contributed by atoms with van der Waals surface area (Å²) < 4.78 is 13.6. The van der Waals surface area contributed by atoms with Crippen molar-refractivity contribution in [2.45, 2.75) is 26.3 Å². The van der Waals surface area contributed by atoms with Crippen LogP contribution in [0.25, 0.3) is 11.0 Å². The number of carbonyl (C=O) groups is 1. The van der Waals surface area contributed by atoms with Crippen LogP contribution in [0.5, 0.6) is 6.01 Å². The predicted molar refractivity (Wildman–Crippen MR) is 110 cm³/mol. The topological polar surface area (TPSA) is 97.9 Å². The molecule has 4 aromatic rings. The molecule has 2 aromatic carbocycles. The van der Waals surface area contributed by atoms with Crippen molar-refractivity contribution in [3.8, 4) is 6.01 Å². The van der Waals surface area contributed by atoms with E-state index in [4.69, 9.17) is 0 Å². The number of hydrogen-bond acceptors (Lipinski definition) is 4. The number of amides is 1. The fourth-order valence-electron chi connectivity index (χ4n) is 4.11. The largest absolute Gasteiger partial charge is 0.480 e. The summed E-state index contributed by atoms with van der Waals surface area (Å²) in [5.74, 6) is -0.183. The molecule has 0 aliphatic carbocycles. The summed E-state index contributed by atoms with van der Waals surface area (Å²) in [6.07, 6.45) is 0.719. The number of hydrogen-bond donors (Lipinski definition) is 3. The van der Waals surface area contributed by atoms with Gasteiger partial charge in [-0.15, -0.1) is 0 Å². The molecule has 30 heavy (non-hydrogen) atoms. The average molecular weight is 405 g/mol. The molecule has 1 amide bonds. The predicted octanol–water partition coefficient (Wildman–Crippen LogP) is 4.08. The molecule has 7 nitrogen and oxygen atoms in total. The van der Waals surface area contributed by atoms with Crippen molar-refractivity contribution in [2.75, 3.05) is 4.90 Å². The monoisotopic (exact) mass is 405 g/mol. The fraction of sp³-hybridized carbons (Fsp3) is 0.227. The second kappa shape index (κ2) is 6.69. The Labute approximate surface area is 171 Å². The van der Waals surface area contributed by atoms with Crippen LogP contribution in [0.1, 0.15) is 47.2 Å². The number of fused-ring (bicyclic) bond motifs is 2. The molecule has 1 aliphatic heterocycles. The number of nitrogens with one attached hydrogen (secondary N) is 2. The van der Waals surface area contributed by atoms with Gasteiger partial charge in [-0.1, -0.05) is 26.0 Å². The van der Waals surface area contributed by atoms with Crippen molar-refractivity contribution in [2.24, 2.45) is 5.92 Å². The molecule has 5 rings (SSSR count). The van der Waals surface area contributed by atoms with Crippen LogP contribution < -0.4 is 4.90 Å². The summed E-state index contributed by atoms with van der Waals surface area (Å²) in [5, 5.41) is 17.0. The molecule has 0 saturated heterocycles. The van der Waals surface area contributed by atoms with Gasteiger partial charge in [0.25, 0.3) is 11.9 Å². The SMILES string of the molecule is CC(C)Cc1n[nH]c2c1C(c1ccc(F)cc1)N(c1ccc3[nH]c(O)nc3c1)C2=O. The highest BCUT2D eigenvalue weighted by molar-refractivity contribution is 6.11. The lowest BCUT2D eigenvalue weighted by Crippen LogP contribution is -2.29. The number of H-pyrrole nitrogens is 2. The molecule has 1 unspecified atom stereocenters. The van der Waals surface area contributed by atoms with Gasteiger partial charge in [-0.25, -0.2) is 4.39 Å². The number of aromatic hydroxyl groups is 1. The maximum absolute atomic E-state index is 13.6. The van der Waals surface area contributed by atoms with E-state index >= 15 is 0 Å². The zero-order valence-electron chi connectivity index (χ0n) is 16.5. The van der Waals surface area contributed by atoms with Crippen LogP contribution in [0.15, 0.2) is 42.5 Å². The van der Waals surface area contributed by atoms with Gasteiger partial charge in [-0.05, 0) is 48.2 Å².